The average molecular weight is 540 g/mol. The number of imidazole rings is 1. The predicted octanol–water partition coefficient (Wildman–Crippen LogP) is 4.09. The molecule has 0 aliphatic carbocycles. The summed E-state index contributed by atoms with van der Waals surface area (Å²) in [6, 6.07) is 8.49. The number of benzene rings is 1. The predicted molar refractivity (Wildman–Crippen MR) is 150 cm³/mol. The van der Waals surface area contributed by atoms with Crippen LogP contribution in [-0.4, -0.2) is 74.0 Å². The van der Waals surface area contributed by atoms with Gasteiger partial charge in [-0.15, -0.1) is 0 Å². The third kappa shape index (κ3) is 5.95. The number of likely N-dealkylation sites (tertiary alicyclic amines) is 1. The molecule has 10 heteroatoms. The Hall–Kier alpha value is -3.55. The zero-order chi connectivity index (χ0) is 27.4. The number of fused-ring (bicyclic) bond motifs is 1. The Morgan fingerprint density at radius 3 is 2.76 bits per heavy atom. The lowest BCUT2D eigenvalue weighted by Gasteiger charge is -2.37. The molecule has 202 valence electrons. The fraction of sp³-hybridized carbons (Fsp3) is 0.393. The average Bonchev–Trinajstić information content (AvgIpc) is 3.25. The maximum atomic E-state index is 15.0. The fourth-order valence-corrected chi connectivity index (χ4v) is 5.20. The number of halogens is 1. The molecule has 1 aliphatic heterocycles. The monoisotopic (exact) mass is 539 g/mol. The van der Waals surface area contributed by atoms with Gasteiger partial charge in [-0.05, 0) is 56.5 Å². The van der Waals surface area contributed by atoms with Crippen molar-refractivity contribution in [2.45, 2.75) is 43.4 Å². The van der Waals surface area contributed by atoms with Crippen LogP contribution in [0.2, 0.25) is 0 Å². The third-order valence-corrected chi connectivity index (χ3v) is 7.81. The second-order valence-corrected chi connectivity index (χ2v) is 11.6. The molecular weight excluding hydrogens is 505 g/mol. The molecule has 0 amide bonds. The van der Waals surface area contributed by atoms with Crippen molar-refractivity contribution in [1.29, 1.82) is 0 Å². The van der Waals surface area contributed by atoms with E-state index in [1.165, 1.54) is 19.2 Å². The van der Waals surface area contributed by atoms with Crippen LogP contribution in [0.4, 0.5) is 15.8 Å². The second kappa shape index (κ2) is 11.5. The van der Waals surface area contributed by atoms with Gasteiger partial charge < -0.3 is 15.4 Å². The molecule has 4 rings (SSSR count). The molecule has 0 saturated carbocycles. The van der Waals surface area contributed by atoms with Gasteiger partial charge in [-0.3, -0.25) is 9.30 Å². The number of nitrogens with one attached hydrogen (secondary N) is 2. The molecule has 2 atom stereocenters. The Morgan fingerprint density at radius 1 is 1.32 bits per heavy atom. The summed E-state index contributed by atoms with van der Waals surface area (Å²) in [5, 5.41) is 6.53. The van der Waals surface area contributed by atoms with Crippen LogP contribution >= 0.6 is 0 Å². The van der Waals surface area contributed by atoms with Crippen molar-refractivity contribution in [3.05, 3.63) is 54.5 Å². The van der Waals surface area contributed by atoms with E-state index in [4.69, 9.17) is 9.72 Å². The lowest BCUT2D eigenvalue weighted by atomic mass is 10.0. The maximum absolute atomic E-state index is 15.0. The van der Waals surface area contributed by atoms with Gasteiger partial charge in [-0.1, -0.05) is 12.5 Å². The van der Waals surface area contributed by atoms with Gasteiger partial charge in [0, 0.05) is 37.7 Å². The third-order valence-electron chi connectivity index (χ3n) is 6.70. The molecule has 1 aromatic carbocycles. The minimum absolute atomic E-state index is 0.181. The quantitative estimate of drug-likeness (QED) is 0.417. The first-order valence-corrected chi connectivity index (χ1v) is 14.4. The Balaban J connectivity index is 1.52. The smallest absolute Gasteiger partial charge is 0.175 e. The fourth-order valence-electron chi connectivity index (χ4n) is 4.56. The van der Waals surface area contributed by atoms with Gasteiger partial charge in [0.2, 0.25) is 0 Å². The lowest BCUT2D eigenvalue weighted by molar-refractivity contribution is 0.102. The number of methoxy groups -OCH3 is 1. The van der Waals surface area contributed by atoms with Gasteiger partial charge >= 0.3 is 0 Å². The summed E-state index contributed by atoms with van der Waals surface area (Å²) in [6.07, 6.45) is 4.47. The van der Waals surface area contributed by atoms with E-state index < -0.39 is 16.0 Å². The van der Waals surface area contributed by atoms with Gasteiger partial charge in [0.1, 0.15) is 17.6 Å². The zero-order valence-corrected chi connectivity index (χ0v) is 23.0. The summed E-state index contributed by atoms with van der Waals surface area (Å²) in [5.74, 6) is 6.57. The molecular formula is C28H34FN5O3S. The van der Waals surface area contributed by atoms with Crippen molar-refractivity contribution in [1.82, 2.24) is 14.3 Å². The van der Waals surface area contributed by atoms with E-state index >= 15 is 0 Å². The van der Waals surface area contributed by atoms with Crippen LogP contribution in [0.25, 0.3) is 11.7 Å². The van der Waals surface area contributed by atoms with Crippen LogP contribution < -0.4 is 15.4 Å². The number of piperidine rings is 1. The largest absolute Gasteiger partial charge is 0.495 e. The standard InChI is InChI=1S/C28H34FN5O3S/c1-6-26-23(9-7-14-30-24-12-11-20(38(5,35)36)17-27(24)37-4)32-28-25(10-8-15-34(26)28)31-22-13-16-33(19(2)3)18-21(22)29/h6,8,10-12,15,17,19,21-22,30-31H,1,13-14,16,18H2,2-5H3/t21-,22+/m0/s1. The van der Waals surface area contributed by atoms with Crippen molar-refractivity contribution in [3.8, 4) is 17.6 Å². The number of anilines is 2. The molecule has 0 spiro atoms. The second-order valence-electron chi connectivity index (χ2n) is 9.60. The number of hydrogen-bond donors (Lipinski definition) is 2. The van der Waals surface area contributed by atoms with E-state index in [0.29, 0.717) is 41.8 Å². The number of pyridine rings is 1. The maximum Gasteiger partial charge on any atom is 0.175 e. The molecule has 1 aliphatic rings. The van der Waals surface area contributed by atoms with Crippen LogP contribution in [0.1, 0.15) is 31.7 Å². The summed E-state index contributed by atoms with van der Waals surface area (Å²) in [5.41, 5.74) is 3.35. The summed E-state index contributed by atoms with van der Waals surface area (Å²) in [4.78, 5) is 7.08. The number of rotatable bonds is 8. The molecule has 0 unspecified atom stereocenters. The molecule has 38 heavy (non-hydrogen) atoms. The Labute approximate surface area is 223 Å². The Morgan fingerprint density at radius 2 is 2.11 bits per heavy atom. The molecule has 3 aromatic rings. The highest BCUT2D eigenvalue weighted by molar-refractivity contribution is 7.90. The highest BCUT2D eigenvalue weighted by Crippen LogP contribution is 2.28. The summed E-state index contributed by atoms with van der Waals surface area (Å²) in [7, 11) is -1.86. The van der Waals surface area contributed by atoms with Crippen LogP contribution in [0.15, 0.2) is 48.0 Å². The molecule has 1 saturated heterocycles. The molecule has 2 N–H and O–H groups in total. The number of hydrogen-bond acceptors (Lipinski definition) is 7. The van der Waals surface area contributed by atoms with Crippen molar-refractivity contribution in [3.63, 3.8) is 0 Å². The Bertz CT molecular complexity index is 1490. The number of nitrogens with zero attached hydrogens (tertiary/aromatic N) is 3. The van der Waals surface area contributed by atoms with Gasteiger partial charge in [-0.2, -0.15) is 0 Å². The molecule has 0 radical (unpaired) electrons. The van der Waals surface area contributed by atoms with Crippen LogP contribution in [0.3, 0.4) is 0 Å². The molecule has 2 aromatic heterocycles. The van der Waals surface area contributed by atoms with Crippen molar-refractivity contribution in [2.75, 3.05) is 43.6 Å². The van der Waals surface area contributed by atoms with E-state index in [2.05, 4.69) is 47.8 Å². The van der Waals surface area contributed by atoms with Gasteiger partial charge in [-0.25, -0.2) is 17.8 Å². The van der Waals surface area contributed by atoms with Gasteiger partial charge in [0.15, 0.2) is 15.5 Å². The summed E-state index contributed by atoms with van der Waals surface area (Å²) < 4.78 is 45.8. The molecule has 3 heterocycles. The molecule has 0 bridgehead atoms. The van der Waals surface area contributed by atoms with Crippen LogP contribution in [0.5, 0.6) is 5.75 Å². The number of ether oxygens (including phenoxy) is 1. The lowest BCUT2D eigenvalue weighted by Crippen LogP contribution is -2.50. The van der Waals surface area contributed by atoms with Crippen molar-refractivity contribution in [2.24, 2.45) is 0 Å². The first kappa shape index (κ1) is 27.5. The van der Waals surface area contributed by atoms with Gasteiger partial charge in [0.25, 0.3) is 0 Å². The van der Waals surface area contributed by atoms with E-state index in [9.17, 15) is 12.8 Å². The highest BCUT2D eigenvalue weighted by atomic mass is 32.2. The summed E-state index contributed by atoms with van der Waals surface area (Å²) in [6.45, 7) is 9.64. The topological polar surface area (TPSA) is 88.0 Å². The van der Waals surface area contributed by atoms with E-state index in [1.54, 1.807) is 12.1 Å². The minimum Gasteiger partial charge on any atom is -0.495 e. The molecule has 1 fully saturated rings. The highest BCUT2D eigenvalue weighted by Gasteiger charge is 2.30. The minimum atomic E-state index is -3.34. The van der Waals surface area contributed by atoms with Crippen LogP contribution in [0, 0.1) is 11.8 Å². The SMILES string of the molecule is C=Cc1c(C#CCNc2ccc(S(C)(=O)=O)cc2OC)nc2c(N[C@@H]3CCN(C(C)C)C[C@@H]3F)cccn12. The first-order chi connectivity index (χ1) is 18.1. The van der Waals surface area contributed by atoms with E-state index in [0.717, 1.165) is 24.2 Å². The first-order valence-electron chi connectivity index (χ1n) is 12.5. The van der Waals surface area contributed by atoms with Crippen molar-refractivity contribution >= 4 is 32.9 Å². The van der Waals surface area contributed by atoms with E-state index in [1.807, 2.05) is 22.7 Å². The number of sulfone groups is 1. The summed E-state index contributed by atoms with van der Waals surface area (Å²) >= 11 is 0. The number of alkyl halides is 1. The normalized spacial score (nSPS) is 18.2. The molecule has 8 nitrogen and oxygen atoms in total. The van der Waals surface area contributed by atoms with Crippen molar-refractivity contribution < 1.29 is 17.5 Å². The van der Waals surface area contributed by atoms with E-state index in [-0.39, 0.29) is 17.5 Å². The van der Waals surface area contributed by atoms with Gasteiger partial charge in [0.05, 0.1) is 41.7 Å². The van der Waals surface area contributed by atoms with Crippen LogP contribution in [-0.2, 0) is 9.84 Å². The number of aromatic nitrogens is 2. The Kier molecular flexibility index (Phi) is 8.29. The zero-order valence-electron chi connectivity index (χ0n) is 22.2.